The Morgan fingerprint density at radius 2 is 1.61 bits per heavy atom. The minimum Gasteiger partial charge on any atom is -0.337 e. The smallest absolute Gasteiger partial charge is 0.337 e. The van der Waals surface area contributed by atoms with Gasteiger partial charge in [-0.2, -0.15) is 13.2 Å². The Bertz CT molecular complexity index is 1640. The number of amides is 1. The molecule has 0 spiro atoms. The lowest BCUT2D eigenvalue weighted by atomic mass is 10.1. The zero-order valence-electron chi connectivity index (χ0n) is 25.7. The van der Waals surface area contributed by atoms with Crippen molar-refractivity contribution in [3.05, 3.63) is 105 Å². The van der Waals surface area contributed by atoms with Gasteiger partial charge in [-0.15, -0.1) is 11.8 Å². The van der Waals surface area contributed by atoms with E-state index in [1.54, 1.807) is 41.6 Å². The number of aromatic nitrogens is 3. The van der Waals surface area contributed by atoms with Crippen molar-refractivity contribution in [1.29, 1.82) is 0 Å². The van der Waals surface area contributed by atoms with E-state index in [0.29, 0.717) is 45.8 Å². The van der Waals surface area contributed by atoms with Crippen molar-refractivity contribution in [3.8, 4) is 11.3 Å². The third kappa shape index (κ3) is 9.66. The summed E-state index contributed by atoms with van der Waals surface area (Å²) < 4.78 is 52.2. The topological polar surface area (TPSA) is 82.2 Å². The van der Waals surface area contributed by atoms with Gasteiger partial charge in [-0.25, -0.2) is 9.37 Å². The van der Waals surface area contributed by atoms with Crippen LogP contribution in [0.2, 0.25) is 0 Å². The van der Waals surface area contributed by atoms with Crippen LogP contribution in [0.25, 0.3) is 11.3 Å². The molecule has 0 aliphatic carbocycles. The van der Waals surface area contributed by atoms with E-state index in [9.17, 15) is 27.2 Å². The van der Waals surface area contributed by atoms with E-state index in [0.717, 1.165) is 36.3 Å². The van der Waals surface area contributed by atoms with Crippen LogP contribution < -0.4 is 5.56 Å². The molecule has 46 heavy (non-hydrogen) atoms. The molecule has 13 heteroatoms. The van der Waals surface area contributed by atoms with Crippen molar-refractivity contribution in [1.82, 2.24) is 24.8 Å². The number of benzene rings is 2. The molecule has 0 bridgehead atoms. The molecule has 2 aromatic heterocycles. The number of carbonyl (C=O) groups is 1. The fourth-order valence-electron chi connectivity index (χ4n) is 4.71. The molecule has 0 aliphatic heterocycles. The Kier molecular flexibility index (Phi) is 12.4. The molecule has 1 amide bonds. The molecular weight excluding hydrogens is 639 g/mol. The Balaban J connectivity index is 1.52. The number of H-pyrrole nitrogens is 1. The van der Waals surface area contributed by atoms with Crippen LogP contribution in [0, 0.1) is 5.82 Å². The maximum atomic E-state index is 13.8. The molecule has 4 aromatic rings. The highest BCUT2D eigenvalue weighted by Crippen LogP contribution is 2.30. The van der Waals surface area contributed by atoms with E-state index in [4.69, 9.17) is 0 Å². The van der Waals surface area contributed by atoms with E-state index in [2.05, 4.69) is 33.7 Å². The number of alkyl halides is 3. The average Bonchev–Trinajstić information content (AvgIpc) is 3.04. The van der Waals surface area contributed by atoms with Gasteiger partial charge < -0.3 is 14.8 Å². The van der Waals surface area contributed by atoms with Gasteiger partial charge in [0.1, 0.15) is 5.82 Å². The molecule has 7 nitrogen and oxygen atoms in total. The number of rotatable bonds is 14. The lowest BCUT2D eigenvalue weighted by Crippen LogP contribution is -2.39. The average molecular weight is 674 g/mol. The number of carbonyl (C=O) groups excluding carboxylic acids is 1. The first-order chi connectivity index (χ1) is 22.0. The Morgan fingerprint density at radius 3 is 2.20 bits per heavy atom. The molecule has 0 unspecified atom stereocenters. The maximum absolute atomic E-state index is 13.8. The van der Waals surface area contributed by atoms with Gasteiger partial charge in [-0.3, -0.25) is 14.6 Å². The zero-order chi connectivity index (χ0) is 33.3. The van der Waals surface area contributed by atoms with E-state index in [-0.39, 0.29) is 30.2 Å². The predicted octanol–water partition coefficient (Wildman–Crippen LogP) is 6.92. The van der Waals surface area contributed by atoms with E-state index in [1.807, 2.05) is 0 Å². The van der Waals surface area contributed by atoms with Gasteiger partial charge in [-0.1, -0.05) is 55.9 Å². The number of halogens is 4. The molecule has 2 aromatic carbocycles. The highest BCUT2D eigenvalue weighted by molar-refractivity contribution is 7.98. The predicted molar refractivity (Wildman–Crippen MR) is 174 cm³/mol. The number of thioether (sulfide) groups is 2. The van der Waals surface area contributed by atoms with E-state index >= 15 is 0 Å². The summed E-state index contributed by atoms with van der Waals surface area (Å²) in [4.78, 5) is 42.9. The van der Waals surface area contributed by atoms with Crippen LogP contribution in [-0.4, -0.2) is 63.1 Å². The molecule has 2 heterocycles. The lowest BCUT2D eigenvalue weighted by Gasteiger charge is -2.27. The second-order valence-corrected chi connectivity index (χ2v) is 12.2. The molecule has 1 N–H and O–H groups in total. The third-order valence-electron chi connectivity index (χ3n) is 7.38. The number of nitrogens with zero attached hydrogens (tertiary/aromatic N) is 4. The van der Waals surface area contributed by atoms with Gasteiger partial charge in [0.05, 0.1) is 28.3 Å². The standard InChI is InChI=1S/C33H35F4N5O2S2/c1-4-41(5-2)16-17-42(20-23-8-15-27(38-19-23)24-9-11-25(12-10-24)33(35,36)37)29(43)18-28-30(45-3)31(44)40-32(39-28)46-21-22-6-13-26(34)14-7-22/h6-15,19H,4-5,16-18,20-21H2,1-3H3,(H,39,40,44). The number of hydrogen-bond donors (Lipinski definition) is 1. The Hall–Kier alpha value is -3.68. The first-order valence-electron chi connectivity index (χ1n) is 14.7. The number of hydrogen-bond acceptors (Lipinski definition) is 7. The number of aromatic amines is 1. The summed E-state index contributed by atoms with van der Waals surface area (Å²) in [7, 11) is 0. The van der Waals surface area contributed by atoms with Crippen LogP contribution in [0.15, 0.2) is 81.7 Å². The first kappa shape index (κ1) is 35.2. The summed E-state index contributed by atoms with van der Waals surface area (Å²) in [6.45, 7) is 7.08. The van der Waals surface area contributed by atoms with Gasteiger partial charge in [0.2, 0.25) is 5.91 Å². The number of nitrogens with one attached hydrogen (secondary N) is 1. The first-order valence-corrected chi connectivity index (χ1v) is 16.9. The Morgan fingerprint density at radius 1 is 0.935 bits per heavy atom. The lowest BCUT2D eigenvalue weighted by molar-refractivity contribution is -0.137. The van der Waals surface area contributed by atoms with Crippen LogP contribution >= 0.6 is 23.5 Å². The van der Waals surface area contributed by atoms with Gasteiger partial charge in [0.15, 0.2) is 5.16 Å². The quantitative estimate of drug-likeness (QED) is 0.0885. The largest absolute Gasteiger partial charge is 0.416 e. The SMILES string of the molecule is CCN(CC)CCN(Cc1ccc(-c2ccc(C(F)(F)F)cc2)nc1)C(=O)Cc1nc(SCc2ccc(F)cc2)[nH]c(=O)c1SC. The number of likely N-dealkylation sites (N-methyl/N-ethyl adjacent to an activating group) is 1. The summed E-state index contributed by atoms with van der Waals surface area (Å²) in [6.07, 6.45) is -1.12. The van der Waals surface area contributed by atoms with E-state index < -0.39 is 11.7 Å². The monoisotopic (exact) mass is 673 g/mol. The Labute approximate surface area is 273 Å². The summed E-state index contributed by atoms with van der Waals surface area (Å²) in [5, 5.41) is 0.368. The van der Waals surface area contributed by atoms with Crippen molar-refractivity contribution in [2.45, 2.75) is 48.8 Å². The van der Waals surface area contributed by atoms with Gasteiger partial charge >= 0.3 is 6.18 Å². The minimum absolute atomic E-state index is 0.0838. The zero-order valence-corrected chi connectivity index (χ0v) is 27.4. The fourth-order valence-corrected chi connectivity index (χ4v) is 6.13. The summed E-state index contributed by atoms with van der Waals surface area (Å²) in [5.74, 6) is -0.0792. The molecule has 0 atom stereocenters. The van der Waals surface area contributed by atoms with Crippen LogP contribution in [0.1, 0.15) is 36.2 Å². The highest BCUT2D eigenvalue weighted by Gasteiger charge is 2.30. The van der Waals surface area contributed by atoms with E-state index in [1.165, 1.54) is 47.8 Å². The summed E-state index contributed by atoms with van der Waals surface area (Å²) in [6, 6.07) is 14.4. The van der Waals surface area contributed by atoms with Crippen molar-refractivity contribution >= 4 is 29.4 Å². The van der Waals surface area contributed by atoms with Crippen LogP contribution in [-0.2, 0) is 29.7 Å². The highest BCUT2D eigenvalue weighted by atomic mass is 32.2. The number of pyridine rings is 1. The normalized spacial score (nSPS) is 11.7. The summed E-state index contributed by atoms with van der Waals surface area (Å²) >= 11 is 2.52. The van der Waals surface area contributed by atoms with Crippen LogP contribution in [0.5, 0.6) is 0 Å². The second kappa shape index (κ2) is 16.2. The van der Waals surface area contributed by atoms with Crippen LogP contribution in [0.3, 0.4) is 0 Å². The fraction of sp³-hybridized carbons (Fsp3) is 0.333. The van der Waals surface area contributed by atoms with Crippen molar-refractivity contribution in [2.24, 2.45) is 0 Å². The van der Waals surface area contributed by atoms with Crippen molar-refractivity contribution < 1.29 is 22.4 Å². The third-order valence-corrected chi connectivity index (χ3v) is 9.15. The molecule has 0 radical (unpaired) electrons. The molecule has 0 saturated carbocycles. The summed E-state index contributed by atoms with van der Waals surface area (Å²) in [5.41, 5.74) is 2.00. The van der Waals surface area contributed by atoms with Gasteiger partial charge in [0, 0.05) is 37.1 Å². The second-order valence-electron chi connectivity index (χ2n) is 10.4. The molecule has 0 fully saturated rings. The van der Waals surface area contributed by atoms with Gasteiger partial charge in [-0.05, 0) is 60.8 Å². The molecule has 4 rings (SSSR count). The molecule has 244 valence electrons. The van der Waals surface area contributed by atoms with Gasteiger partial charge in [0.25, 0.3) is 5.56 Å². The maximum Gasteiger partial charge on any atom is 0.416 e. The van der Waals surface area contributed by atoms with Crippen molar-refractivity contribution in [3.63, 3.8) is 0 Å². The molecular formula is C33H35F4N5O2S2. The molecule has 0 saturated heterocycles. The molecule has 0 aliphatic rings. The van der Waals surface area contributed by atoms with Crippen molar-refractivity contribution in [2.75, 3.05) is 32.4 Å². The van der Waals surface area contributed by atoms with Crippen LogP contribution in [0.4, 0.5) is 17.6 Å². The minimum atomic E-state index is -4.42.